The maximum atomic E-state index is 12.6. The second-order valence-electron chi connectivity index (χ2n) is 4.32. The molecule has 0 radical (unpaired) electrons. The number of sulfonamides is 1. The molecule has 0 saturated heterocycles. The Morgan fingerprint density at radius 1 is 1.24 bits per heavy atom. The smallest absolute Gasteiger partial charge is 0.265 e. The first-order valence-electron chi connectivity index (χ1n) is 5.90. The minimum absolute atomic E-state index is 0.0387. The molecule has 7 heteroatoms. The van der Waals surface area contributed by atoms with Gasteiger partial charge in [-0.3, -0.25) is 4.31 Å². The molecule has 0 aromatic heterocycles. The van der Waals surface area contributed by atoms with Gasteiger partial charge in [0.05, 0.1) is 22.3 Å². The second kappa shape index (κ2) is 5.64. The number of anilines is 2. The number of nitrogen functional groups attached to an aromatic ring is 1. The van der Waals surface area contributed by atoms with Crippen molar-refractivity contribution in [1.29, 1.82) is 5.26 Å². The lowest BCUT2D eigenvalue weighted by atomic mass is 10.2. The van der Waals surface area contributed by atoms with E-state index in [0.717, 1.165) is 4.31 Å². The van der Waals surface area contributed by atoms with Gasteiger partial charge in [0.1, 0.15) is 4.90 Å². The van der Waals surface area contributed by atoms with Crippen molar-refractivity contribution >= 4 is 33.0 Å². The highest BCUT2D eigenvalue weighted by molar-refractivity contribution is 7.93. The summed E-state index contributed by atoms with van der Waals surface area (Å²) in [6, 6.07) is 12.5. The summed E-state index contributed by atoms with van der Waals surface area (Å²) in [6.45, 7) is 0. The maximum Gasteiger partial charge on any atom is 0.265 e. The Morgan fingerprint density at radius 2 is 1.95 bits per heavy atom. The van der Waals surface area contributed by atoms with Gasteiger partial charge in [0.25, 0.3) is 10.0 Å². The van der Waals surface area contributed by atoms with E-state index in [1.54, 1.807) is 18.2 Å². The molecule has 0 amide bonds. The van der Waals surface area contributed by atoms with E-state index in [0.29, 0.717) is 16.9 Å². The van der Waals surface area contributed by atoms with Gasteiger partial charge in [-0.05, 0) is 36.4 Å². The highest BCUT2D eigenvalue weighted by Crippen LogP contribution is 2.29. The molecular formula is C14H12ClN3O2S. The van der Waals surface area contributed by atoms with E-state index in [4.69, 9.17) is 22.6 Å². The van der Waals surface area contributed by atoms with Gasteiger partial charge in [0.15, 0.2) is 0 Å². The summed E-state index contributed by atoms with van der Waals surface area (Å²) in [5, 5.41) is 8.94. The fourth-order valence-corrected chi connectivity index (χ4v) is 3.50. The molecule has 0 fully saturated rings. The molecule has 2 rings (SSSR count). The molecule has 0 saturated carbocycles. The summed E-state index contributed by atoms with van der Waals surface area (Å²) in [5.41, 5.74) is 6.70. The fourth-order valence-electron chi connectivity index (χ4n) is 1.78. The van der Waals surface area contributed by atoms with Gasteiger partial charge >= 0.3 is 0 Å². The number of nitrogens with zero attached hydrogens (tertiary/aromatic N) is 2. The fraction of sp³-hybridized carbons (Fsp3) is 0.0714. The van der Waals surface area contributed by atoms with Crippen molar-refractivity contribution in [3.05, 3.63) is 53.1 Å². The standard InChI is InChI=1S/C14H12ClN3O2S/c1-18(12-4-2-3-10(7-12)9-16)21(19,20)14-6-5-11(17)8-13(14)15/h2-8H,17H2,1H3. The van der Waals surface area contributed by atoms with E-state index < -0.39 is 10.0 Å². The molecule has 108 valence electrons. The Morgan fingerprint density at radius 3 is 2.57 bits per heavy atom. The van der Waals surface area contributed by atoms with Crippen molar-refractivity contribution in [2.24, 2.45) is 0 Å². The predicted octanol–water partition coefficient (Wildman–Crippen LogP) is 2.62. The van der Waals surface area contributed by atoms with Crippen LogP contribution in [0, 0.1) is 11.3 Å². The van der Waals surface area contributed by atoms with Crippen LogP contribution < -0.4 is 10.0 Å². The van der Waals surface area contributed by atoms with Crippen LogP contribution in [-0.4, -0.2) is 15.5 Å². The molecule has 2 aromatic rings. The Balaban J connectivity index is 2.50. The molecule has 0 heterocycles. The lowest BCUT2D eigenvalue weighted by molar-refractivity contribution is 0.594. The third-order valence-electron chi connectivity index (χ3n) is 2.93. The van der Waals surface area contributed by atoms with Gasteiger partial charge in [-0.1, -0.05) is 17.7 Å². The normalized spacial score (nSPS) is 10.9. The van der Waals surface area contributed by atoms with Gasteiger partial charge < -0.3 is 5.73 Å². The van der Waals surface area contributed by atoms with Crippen LogP contribution >= 0.6 is 11.6 Å². The molecule has 21 heavy (non-hydrogen) atoms. The minimum atomic E-state index is -3.83. The second-order valence-corrected chi connectivity index (χ2v) is 6.67. The molecular weight excluding hydrogens is 310 g/mol. The Bertz CT molecular complexity index is 828. The van der Waals surface area contributed by atoms with Gasteiger partial charge in [0.2, 0.25) is 0 Å². The summed E-state index contributed by atoms with van der Waals surface area (Å²) >= 11 is 5.97. The molecule has 2 N–H and O–H groups in total. The number of hydrogen-bond acceptors (Lipinski definition) is 4. The van der Waals surface area contributed by atoms with Crippen molar-refractivity contribution in [3.8, 4) is 6.07 Å². The number of rotatable bonds is 3. The van der Waals surface area contributed by atoms with E-state index in [9.17, 15) is 8.42 Å². The quantitative estimate of drug-likeness (QED) is 0.880. The van der Waals surface area contributed by atoms with Crippen molar-refractivity contribution in [3.63, 3.8) is 0 Å². The van der Waals surface area contributed by atoms with Crippen LogP contribution in [0.1, 0.15) is 5.56 Å². The van der Waals surface area contributed by atoms with Crippen molar-refractivity contribution in [2.75, 3.05) is 17.1 Å². The topological polar surface area (TPSA) is 87.2 Å². The Hall–Kier alpha value is -2.23. The first-order valence-corrected chi connectivity index (χ1v) is 7.72. The number of hydrogen-bond donors (Lipinski definition) is 1. The first kappa shape index (κ1) is 15.2. The molecule has 0 unspecified atom stereocenters. The maximum absolute atomic E-state index is 12.6. The Labute approximate surface area is 128 Å². The van der Waals surface area contributed by atoms with Crippen LogP contribution in [-0.2, 0) is 10.0 Å². The molecule has 0 aliphatic carbocycles. The molecule has 0 atom stereocenters. The summed E-state index contributed by atoms with van der Waals surface area (Å²) in [7, 11) is -2.43. The average molecular weight is 322 g/mol. The first-order chi connectivity index (χ1) is 9.86. The van der Waals surface area contributed by atoms with Gasteiger partial charge in [-0.25, -0.2) is 8.42 Å². The average Bonchev–Trinajstić information content (AvgIpc) is 2.46. The summed E-state index contributed by atoms with van der Waals surface area (Å²) < 4.78 is 26.2. The van der Waals surface area contributed by atoms with E-state index in [-0.39, 0.29) is 9.92 Å². The number of halogens is 1. The highest BCUT2D eigenvalue weighted by Gasteiger charge is 2.24. The van der Waals surface area contributed by atoms with Crippen LogP contribution in [0.4, 0.5) is 11.4 Å². The molecule has 0 aliphatic heterocycles. The minimum Gasteiger partial charge on any atom is -0.399 e. The van der Waals surface area contributed by atoms with E-state index >= 15 is 0 Å². The number of nitrogens with two attached hydrogens (primary N) is 1. The molecule has 0 spiro atoms. The molecule has 2 aromatic carbocycles. The summed E-state index contributed by atoms with van der Waals surface area (Å²) in [5.74, 6) is 0. The highest BCUT2D eigenvalue weighted by atomic mass is 35.5. The van der Waals surface area contributed by atoms with Crippen LogP contribution in [0.3, 0.4) is 0 Å². The third-order valence-corrected chi connectivity index (χ3v) is 5.20. The van der Waals surface area contributed by atoms with Crippen LogP contribution in [0.2, 0.25) is 5.02 Å². The lowest BCUT2D eigenvalue weighted by Gasteiger charge is -2.20. The zero-order valence-corrected chi connectivity index (χ0v) is 12.7. The predicted molar refractivity (Wildman–Crippen MR) is 82.6 cm³/mol. The van der Waals surface area contributed by atoms with Crippen LogP contribution in [0.5, 0.6) is 0 Å². The summed E-state index contributed by atoms with van der Waals surface area (Å²) in [6.07, 6.45) is 0. The van der Waals surface area contributed by atoms with Crippen LogP contribution in [0.15, 0.2) is 47.4 Å². The van der Waals surface area contributed by atoms with Crippen LogP contribution in [0.25, 0.3) is 0 Å². The zero-order valence-electron chi connectivity index (χ0n) is 11.1. The monoisotopic (exact) mass is 321 g/mol. The Kier molecular flexibility index (Phi) is 4.07. The van der Waals surface area contributed by atoms with Crippen molar-refractivity contribution in [1.82, 2.24) is 0 Å². The molecule has 0 bridgehead atoms. The van der Waals surface area contributed by atoms with E-state index in [2.05, 4.69) is 0 Å². The third kappa shape index (κ3) is 2.94. The molecule has 5 nitrogen and oxygen atoms in total. The van der Waals surface area contributed by atoms with Gasteiger partial charge in [-0.2, -0.15) is 5.26 Å². The zero-order chi connectivity index (χ0) is 15.6. The van der Waals surface area contributed by atoms with E-state index in [1.165, 1.54) is 31.3 Å². The van der Waals surface area contributed by atoms with Gasteiger partial charge in [0, 0.05) is 12.7 Å². The molecule has 0 aliphatic rings. The number of nitriles is 1. The largest absolute Gasteiger partial charge is 0.399 e. The number of benzene rings is 2. The van der Waals surface area contributed by atoms with Gasteiger partial charge in [-0.15, -0.1) is 0 Å². The summed E-state index contributed by atoms with van der Waals surface area (Å²) in [4.78, 5) is -0.0387. The SMILES string of the molecule is CN(c1cccc(C#N)c1)S(=O)(=O)c1ccc(N)cc1Cl. The van der Waals surface area contributed by atoms with Crippen molar-refractivity contribution < 1.29 is 8.42 Å². The van der Waals surface area contributed by atoms with Crippen molar-refractivity contribution in [2.45, 2.75) is 4.90 Å². The van der Waals surface area contributed by atoms with E-state index in [1.807, 2.05) is 6.07 Å². The lowest BCUT2D eigenvalue weighted by Crippen LogP contribution is -2.26.